The van der Waals surface area contributed by atoms with Crippen LogP contribution in [0.25, 0.3) is 56.4 Å². The fraction of sp³-hybridized carbons (Fsp3) is 0. The average molecular weight is 488 g/mol. The molecule has 5 aromatic carbocycles. The van der Waals surface area contributed by atoms with Crippen LogP contribution in [0, 0.1) is 0 Å². The quantitative estimate of drug-likeness (QED) is 0.255. The van der Waals surface area contributed by atoms with E-state index in [4.69, 9.17) is 15.0 Å². The first-order chi connectivity index (χ1) is 18.8. The first kappa shape index (κ1) is 22.0. The van der Waals surface area contributed by atoms with Crippen LogP contribution in [0.2, 0.25) is 0 Å². The van der Waals surface area contributed by atoms with E-state index in [-0.39, 0.29) is 5.78 Å². The second-order valence-corrected chi connectivity index (χ2v) is 9.22. The first-order valence-corrected chi connectivity index (χ1v) is 12.5. The van der Waals surface area contributed by atoms with Gasteiger partial charge in [-0.05, 0) is 16.7 Å². The molecule has 1 aromatic heterocycles. The molecule has 0 fully saturated rings. The number of ketones is 1. The van der Waals surface area contributed by atoms with E-state index in [0.29, 0.717) is 17.5 Å². The zero-order chi connectivity index (χ0) is 25.5. The van der Waals surface area contributed by atoms with E-state index in [2.05, 4.69) is 18.2 Å². The Bertz CT molecular complexity index is 1750. The van der Waals surface area contributed by atoms with E-state index in [9.17, 15) is 4.79 Å². The Morgan fingerprint density at radius 3 is 1.34 bits per heavy atom. The first-order valence-electron chi connectivity index (χ1n) is 12.5. The number of fused-ring (bicyclic) bond motifs is 3. The molecule has 0 radical (unpaired) electrons. The molecule has 0 saturated heterocycles. The molecule has 0 unspecified atom stereocenters. The van der Waals surface area contributed by atoms with Crippen molar-refractivity contribution in [2.75, 3.05) is 0 Å². The minimum absolute atomic E-state index is 0.0844. The van der Waals surface area contributed by atoms with Crippen LogP contribution in [0.5, 0.6) is 0 Å². The molecule has 4 nitrogen and oxygen atoms in total. The zero-order valence-electron chi connectivity index (χ0n) is 20.4. The van der Waals surface area contributed by atoms with E-state index in [1.165, 1.54) is 0 Å². The van der Waals surface area contributed by atoms with Crippen molar-refractivity contribution < 1.29 is 4.79 Å². The predicted octanol–water partition coefficient (Wildman–Crippen LogP) is 7.75. The average Bonchev–Trinajstić information content (AvgIpc) is 3.30. The van der Waals surface area contributed by atoms with Crippen molar-refractivity contribution in [2.24, 2.45) is 0 Å². The highest BCUT2D eigenvalue weighted by molar-refractivity contribution is 6.23. The molecule has 38 heavy (non-hydrogen) atoms. The van der Waals surface area contributed by atoms with Crippen LogP contribution in [0.1, 0.15) is 15.9 Å². The van der Waals surface area contributed by atoms with Crippen LogP contribution < -0.4 is 0 Å². The molecule has 0 N–H and O–H groups in total. The summed E-state index contributed by atoms with van der Waals surface area (Å²) in [6.45, 7) is 0. The second kappa shape index (κ2) is 9.02. The summed E-state index contributed by atoms with van der Waals surface area (Å²) in [5.74, 6) is 1.97. The van der Waals surface area contributed by atoms with Crippen LogP contribution in [-0.4, -0.2) is 20.7 Å². The van der Waals surface area contributed by atoms with E-state index in [1.807, 2.05) is 109 Å². The van der Waals surface area contributed by atoms with Crippen LogP contribution >= 0.6 is 0 Å². The third-order valence-corrected chi connectivity index (χ3v) is 6.90. The van der Waals surface area contributed by atoms with Gasteiger partial charge in [0.2, 0.25) is 0 Å². The second-order valence-electron chi connectivity index (χ2n) is 9.22. The van der Waals surface area contributed by atoms with Gasteiger partial charge in [0.15, 0.2) is 23.3 Å². The summed E-state index contributed by atoms with van der Waals surface area (Å²) < 4.78 is 0. The maximum atomic E-state index is 13.0. The maximum Gasteiger partial charge on any atom is 0.194 e. The van der Waals surface area contributed by atoms with Crippen molar-refractivity contribution in [3.63, 3.8) is 0 Å². The molecule has 0 aliphatic heterocycles. The summed E-state index contributed by atoms with van der Waals surface area (Å²) in [5.41, 5.74) is 8.36. The summed E-state index contributed by atoms with van der Waals surface area (Å²) >= 11 is 0. The van der Waals surface area contributed by atoms with Crippen molar-refractivity contribution in [1.82, 2.24) is 15.0 Å². The number of hydrogen-bond acceptors (Lipinski definition) is 4. The van der Waals surface area contributed by atoms with Gasteiger partial charge >= 0.3 is 0 Å². The lowest BCUT2D eigenvalue weighted by atomic mass is 9.93. The molecule has 0 saturated carbocycles. The van der Waals surface area contributed by atoms with Crippen molar-refractivity contribution in [1.29, 1.82) is 0 Å². The molecule has 1 heterocycles. The Morgan fingerprint density at radius 1 is 0.342 bits per heavy atom. The lowest BCUT2D eigenvalue weighted by Crippen LogP contribution is -2.00. The third kappa shape index (κ3) is 3.71. The monoisotopic (exact) mass is 487 g/mol. The van der Waals surface area contributed by atoms with Crippen LogP contribution in [-0.2, 0) is 0 Å². The maximum absolute atomic E-state index is 13.0. The number of hydrogen-bond donors (Lipinski definition) is 0. The Balaban J connectivity index is 1.33. The topological polar surface area (TPSA) is 55.7 Å². The summed E-state index contributed by atoms with van der Waals surface area (Å²) in [6.07, 6.45) is 0. The van der Waals surface area contributed by atoms with E-state index < -0.39 is 0 Å². The van der Waals surface area contributed by atoms with Gasteiger partial charge in [-0.15, -0.1) is 0 Å². The van der Waals surface area contributed by atoms with Gasteiger partial charge in [-0.1, -0.05) is 127 Å². The van der Waals surface area contributed by atoms with Crippen molar-refractivity contribution in [2.45, 2.75) is 0 Å². The van der Waals surface area contributed by atoms with Gasteiger partial charge in [-0.2, -0.15) is 0 Å². The van der Waals surface area contributed by atoms with Crippen molar-refractivity contribution in [3.05, 3.63) is 139 Å². The molecule has 0 spiro atoms. The fourth-order valence-corrected chi connectivity index (χ4v) is 5.05. The molecular formula is C34H21N3O. The summed E-state index contributed by atoms with van der Waals surface area (Å²) in [4.78, 5) is 27.4. The molecular weight excluding hydrogens is 466 g/mol. The molecule has 7 rings (SSSR count). The predicted molar refractivity (Wildman–Crippen MR) is 150 cm³/mol. The molecule has 0 amide bonds. The van der Waals surface area contributed by atoms with E-state index in [1.54, 1.807) is 0 Å². The van der Waals surface area contributed by atoms with Crippen LogP contribution in [0.15, 0.2) is 127 Å². The minimum atomic E-state index is 0.0844. The lowest BCUT2D eigenvalue weighted by Gasteiger charge is -2.11. The molecule has 1 aliphatic carbocycles. The summed E-state index contributed by atoms with van der Waals surface area (Å²) in [7, 11) is 0. The highest BCUT2D eigenvalue weighted by Crippen LogP contribution is 2.43. The fourth-order valence-electron chi connectivity index (χ4n) is 5.05. The molecule has 0 atom stereocenters. The lowest BCUT2D eigenvalue weighted by molar-refractivity contribution is 0.104. The standard InChI is InChI=1S/C34H21N3O/c38-31-28-15-8-7-14-27(28)30-26(16-9-17-29(30)31)22-18-20-25(21-19-22)34-36-32(23-10-3-1-4-11-23)35-33(37-34)24-12-5-2-6-13-24/h1-21H. The number of benzene rings is 5. The smallest absolute Gasteiger partial charge is 0.194 e. The number of carbonyl (C=O) groups excluding carboxylic acids is 1. The van der Waals surface area contributed by atoms with Crippen molar-refractivity contribution >= 4 is 5.78 Å². The Hall–Kier alpha value is -5.22. The van der Waals surface area contributed by atoms with Gasteiger partial charge in [0.05, 0.1) is 0 Å². The summed E-state index contributed by atoms with van der Waals surface area (Å²) in [6, 6.07) is 41.9. The molecule has 6 aromatic rings. The highest BCUT2D eigenvalue weighted by atomic mass is 16.1. The Kier molecular flexibility index (Phi) is 5.22. The molecule has 4 heteroatoms. The third-order valence-electron chi connectivity index (χ3n) is 6.90. The number of carbonyl (C=O) groups is 1. The normalized spacial score (nSPS) is 11.7. The minimum Gasteiger partial charge on any atom is -0.289 e. The van der Waals surface area contributed by atoms with Crippen molar-refractivity contribution in [3.8, 4) is 56.4 Å². The molecule has 178 valence electrons. The van der Waals surface area contributed by atoms with E-state index >= 15 is 0 Å². The van der Waals surface area contributed by atoms with Gasteiger partial charge in [0.25, 0.3) is 0 Å². The van der Waals surface area contributed by atoms with Gasteiger partial charge in [-0.3, -0.25) is 4.79 Å². The van der Waals surface area contributed by atoms with Gasteiger partial charge in [-0.25, -0.2) is 15.0 Å². The number of aromatic nitrogens is 3. The Morgan fingerprint density at radius 2 is 0.763 bits per heavy atom. The molecule has 0 bridgehead atoms. The number of nitrogens with zero attached hydrogens (tertiary/aromatic N) is 3. The highest BCUT2D eigenvalue weighted by Gasteiger charge is 2.28. The van der Waals surface area contributed by atoms with E-state index in [0.717, 1.165) is 50.1 Å². The zero-order valence-corrected chi connectivity index (χ0v) is 20.4. The van der Waals surface area contributed by atoms with Gasteiger partial charge < -0.3 is 0 Å². The van der Waals surface area contributed by atoms with Crippen LogP contribution in [0.4, 0.5) is 0 Å². The Labute approximate surface area is 220 Å². The summed E-state index contributed by atoms with van der Waals surface area (Å²) in [5, 5.41) is 0. The molecule has 1 aliphatic rings. The van der Waals surface area contributed by atoms with Crippen LogP contribution in [0.3, 0.4) is 0 Å². The number of rotatable bonds is 4. The SMILES string of the molecule is O=C1c2ccccc2-c2c1cccc2-c1ccc(-c2nc(-c3ccccc3)nc(-c3ccccc3)n2)cc1. The van der Waals surface area contributed by atoms with Gasteiger partial charge in [0.1, 0.15) is 0 Å². The largest absolute Gasteiger partial charge is 0.289 e. The van der Waals surface area contributed by atoms with Gasteiger partial charge in [0, 0.05) is 33.4 Å².